The molecule has 0 aliphatic carbocycles. The molecule has 24 heavy (non-hydrogen) atoms. The summed E-state index contributed by atoms with van der Waals surface area (Å²) in [5.41, 5.74) is 6.31. The Labute approximate surface area is 143 Å². The van der Waals surface area contributed by atoms with E-state index in [0.717, 1.165) is 12.0 Å². The summed E-state index contributed by atoms with van der Waals surface area (Å²) >= 11 is 0. The van der Waals surface area contributed by atoms with E-state index < -0.39 is 17.9 Å². The zero-order valence-corrected chi connectivity index (χ0v) is 14.7. The Balaban J connectivity index is 2.71. The Kier molecular flexibility index (Phi) is 7.82. The van der Waals surface area contributed by atoms with E-state index in [0.29, 0.717) is 11.5 Å². The molecule has 1 rings (SSSR count). The van der Waals surface area contributed by atoms with Gasteiger partial charge in [0.1, 0.15) is 6.04 Å². The fourth-order valence-electron chi connectivity index (χ4n) is 2.19. The minimum absolute atomic E-state index is 0.0406. The average Bonchev–Trinajstić information content (AvgIpc) is 2.57. The molecule has 6 nitrogen and oxygen atoms in total. The minimum Gasteiger partial charge on any atom is -0.493 e. The number of methoxy groups -OCH3 is 1. The van der Waals surface area contributed by atoms with Crippen molar-refractivity contribution in [1.29, 1.82) is 0 Å². The van der Waals surface area contributed by atoms with E-state index in [1.807, 2.05) is 45.1 Å². The zero-order chi connectivity index (χ0) is 18.1. The summed E-state index contributed by atoms with van der Waals surface area (Å²) in [7, 11) is 1.54. The van der Waals surface area contributed by atoms with Crippen LogP contribution < -0.4 is 20.5 Å². The number of hydrogen-bond donors (Lipinski definition) is 2. The summed E-state index contributed by atoms with van der Waals surface area (Å²) in [6.07, 6.45) is 4.58. The molecule has 0 fully saturated rings. The van der Waals surface area contributed by atoms with Gasteiger partial charge in [0, 0.05) is 0 Å². The lowest BCUT2D eigenvalue weighted by Crippen LogP contribution is -2.49. The van der Waals surface area contributed by atoms with Crippen LogP contribution in [0.3, 0.4) is 0 Å². The summed E-state index contributed by atoms with van der Waals surface area (Å²) in [5, 5.41) is 2.62. The highest BCUT2D eigenvalue weighted by atomic mass is 16.5. The van der Waals surface area contributed by atoms with Crippen LogP contribution in [0.5, 0.6) is 11.5 Å². The standard InChI is InChI=1S/C18H26N2O4/c1-5-7-13-8-9-14(15(10-13)23-4)24-11-16(21)20-17(18(19)22)12(3)6-2/h5,7-10,12,17H,6,11H2,1-4H3,(H2,19,22)(H,20,21)/b7-5-/t12-,17-/m0/s1. The van der Waals surface area contributed by atoms with Gasteiger partial charge >= 0.3 is 0 Å². The Hall–Kier alpha value is -2.50. The Morgan fingerprint density at radius 3 is 2.58 bits per heavy atom. The molecule has 3 N–H and O–H groups in total. The number of primary amides is 1. The van der Waals surface area contributed by atoms with Crippen LogP contribution in [0, 0.1) is 5.92 Å². The van der Waals surface area contributed by atoms with Gasteiger partial charge in [0.15, 0.2) is 18.1 Å². The van der Waals surface area contributed by atoms with Crippen LogP contribution in [0.15, 0.2) is 24.3 Å². The van der Waals surface area contributed by atoms with Gasteiger partial charge in [0.2, 0.25) is 5.91 Å². The first kappa shape index (κ1) is 19.5. The first-order valence-electron chi connectivity index (χ1n) is 7.95. The highest BCUT2D eigenvalue weighted by Gasteiger charge is 2.23. The normalized spacial score (nSPS) is 13.3. The molecule has 0 aliphatic heterocycles. The van der Waals surface area contributed by atoms with Gasteiger partial charge in [-0.25, -0.2) is 0 Å². The maximum atomic E-state index is 12.0. The van der Waals surface area contributed by atoms with Crippen LogP contribution in [-0.2, 0) is 9.59 Å². The maximum absolute atomic E-state index is 12.0. The average molecular weight is 334 g/mol. The first-order chi connectivity index (χ1) is 11.4. The number of benzene rings is 1. The molecule has 0 heterocycles. The van der Waals surface area contributed by atoms with E-state index in [9.17, 15) is 9.59 Å². The van der Waals surface area contributed by atoms with Crippen molar-refractivity contribution in [2.45, 2.75) is 33.2 Å². The van der Waals surface area contributed by atoms with Crippen LogP contribution in [0.1, 0.15) is 32.8 Å². The third-order valence-corrected chi connectivity index (χ3v) is 3.74. The van der Waals surface area contributed by atoms with E-state index in [4.69, 9.17) is 15.2 Å². The highest BCUT2D eigenvalue weighted by Crippen LogP contribution is 2.28. The molecule has 0 bridgehead atoms. The Morgan fingerprint density at radius 1 is 1.33 bits per heavy atom. The molecule has 0 saturated heterocycles. The second-order valence-electron chi connectivity index (χ2n) is 5.53. The van der Waals surface area contributed by atoms with Crippen molar-refractivity contribution in [3.05, 3.63) is 29.8 Å². The summed E-state index contributed by atoms with van der Waals surface area (Å²) in [4.78, 5) is 23.5. The van der Waals surface area contributed by atoms with E-state index in [2.05, 4.69) is 5.32 Å². The fourth-order valence-corrected chi connectivity index (χ4v) is 2.19. The molecule has 1 aromatic carbocycles. The molecule has 1 aromatic rings. The maximum Gasteiger partial charge on any atom is 0.258 e. The van der Waals surface area contributed by atoms with Crippen molar-refractivity contribution in [2.75, 3.05) is 13.7 Å². The van der Waals surface area contributed by atoms with E-state index in [-0.39, 0.29) is 12.5 Å². The van der Waals surface area contributed by atoms with Gasteiger partial charge in [-0.05, 0) is 30.5 Å². The molecule has 0 radical (unpaired) electrons. The largest absolute Gasteiger partial charge is 0.493 e. The summed E-state index contributed by atoms with van der Waals surface area (Å²) < 4.78 is 10.8. The van der Waals surface area contributed by atoms with Crippen molar-refractivity contribution in [3.63, 3.8) is 0 Å². The molecule has 132 valence electrons. The second kappa shape index (κ2) is 9.60. The van der Waals surface area contributed by atoms with Gasteiger partial charge in [0.05, 0.1) is 7.11 Å². The predicted octanol–water partition coefficient (Wildman–Crippen LogP) is 2.12. The highest BCUT2D eigenvalue weighted by molar-refractivity contribution is 5.87. The van der Waals surface area contributed by atoms with E-state index in [1.165, 1.54) is 7.11 Å². The van der Waals surface area contributed by atoms with Crippen LogP contribution in [0.2, 0.25) is 0 Å². The topological polar surface area (TPSA) is 90.6 Å². The lowest BCUT2D eigenvalue weighted by molar-refractivity contribution is -0.129. The predicted molar refractivity (Wildman–Crippen MR) is 93.8 cm³/mol. The van der Waals surface area contributed by atoms with Crippen LogP contribution in [0.4, 0.5) is 0 Å². The number of allylic oxidation sites excluding steroid dienone is 1. The molecule has 0 unspecified atom stereocenters. The smallest absolute Gasteiger partial charge is 0.258 e. The molecular formula is C18H26N2O4. The van der Waals surface area contributed by atoms with Crippen molar-refractivity contribution in [3.8, 4) is 11.5 Å². The Bertz CT molecular complexity index is 599. The van der Waals surface area contributed by atoms with Crippen molar-refractivity contribution in [2.24, 2.45) is 11.7 Å². The lowest BCUT2D eigenvalue weighted by Gasteiger charge is -2.21. The van der Waals surface area contributed by atoms with Gasteiger partial charge < -0.3 is 20.5 Å². The molecule has 6 heteroatoms. The number of ether oxygens (including phenoxy) is 2. The first-order valence-corrected chi connectivity index (χ1v) is 7.95. The zero-order valence-electron chi connectivity index (χ0n) is 14.7. The van der Waals surface area contributed by atoms with E-state index in [1.54, 1.807) is 6.07 Å². The number of amides is 2. The molecule has 2 atom stereocenters. The molecule has 0 saturated carbocycles. The number of nitrogens with two attached hydrogens (primary N) is 1. The van der Waals surface area contributed by atoms with Gasteiger partial charge in [-0.1, -0.05) is 38.5 Å². The van der Waals surface area contributed by atoms with Crippen LogP contribution >= 0.6 is 0 Å². The monoisotopic (exact) mass is 334 g/mol. The van der Waals surface area contributed by atoms with Crippen molar-refractivity contribution < 1.29 is 19.1 Å². The summed E-state index contributed by atoms with van der Waals surface area (Å²) in [6.45, 7) is 5.49. The Morgan fingerprint density at radius 2 is 2.04 bits per heavy atom. The number of nitrogens with one attached hydrogen (secondary N) is 1. The number of carbonyl (C=O) groups is 2. The van der Waals surface area contributed by atoms with Crippen molar-refractivity contribution in [1.82, 2.24) is 5.32 Å². The van der Waals surface area contributed by atoms with Gasteiger partial charge in [0.25, 0.3) is 5.91 Å². The fraction of sp³-hybridized carbons (Fsp3) is 0.444. The van der Waals surface area contributed by atoms with Gasteiger partial charge in [-0.2, -0.15) is 0 Å². The molecule has 2 amide bonds. The number of hydrogen-bond acceptors (Lipinski definition) is 4. The summed E-state index contributed by atoms with van der Waals surface area (Å²) in [5.74, 6) is -0.00221. The molecule has 0 aromatic heterocycles. The summed E-state index contributed by atoms with van der Waals surface area (Å²) in [6, 6.07) is 4.71. The van der Waals surface area contributed by atoms with Crippen molar-refractivity contribution >= 4 is 17.9 Å². The third-order valence-electron chi connectivity index (χ3n) is 3.74. The minimum atomic E-state index is -0.704. The second-order valence-corrected chi connectivity index (χ2v) is 5.53. The van der Waals surface area contributed by atoms with Gasteiger partial charge in [-0.3, -0.25) is 9.59 Å². The molecular weight excluding hydrogens is 308 g/mol. The lowest BCUT2D eigenvalue weighted by atomic mass is 9.99. The number of carbonyl (C=O) groups excluding carboxylic acids is 2. The molecule has 0 spiro atoms. The van der Waals surface area contributed by atoms with Crippen LogP contribution in [0.25, 0.3) is 6.08 Å². The SMILES string of the molecule is C/C=C\c1ccc(OCC(=O)N[C@H](C(N)=O)[C@@H](C)CC)c(OC)c1. The number of rotatable bonds is 9. The molecule has 0 aliphatic rings. The third kappa shape index (κ3) is 5.61. The quantitative estimate of drug-likeness (QED) is 0.724. The van der Waals surface area contributed by atoms with Crippen LogP contribution in [-0.4, -0.2) is 31.6 Å². The van der Waals surface area contributed by atoms with Gasteiger partial charge in [-0.15, -0.1) is 0 Å². The van der Waals surface area contributed by atoms with E-state index >= 15 is 0 Å².